The summed E-state index contributed by atoms with van der Waals surface area (Å²) in [5.41, 5.74) is 3.33. The number of ether oxygens (including phenoxy) is 1. The number of nitrogens with one attached hydrogen (secondary N) is 1. The van der Waals surface area contributed by atoms with Crippen LogP contribution in [-0.4, -0.2) is 12.5 Å². The predicted molar refractivity (Wildman–Crippen MR) is 111 cm³/mol. The van der Waals surface area contributed by atoms with Gasteiger partial charge in [-0.3, -0.25) is 4.79 Å². The van der Waals surface area contributed by atoms with Crippen molar-refractivity contribution in [2.75, 3.05) is 6.61 Å². The van der Waals surface area contributed by atoms with E-state index in [1.807, 2.05) is 32.0 Å². The van der Waals surface area contributed by atoms with Gasteiger partial charge in [-0.15, -0.1) is 0 Å². The Hall–Kier alpha value is -2.81. The summed E-state index contributed by atoms with van der Waals surface area (Å²) in [5.74, 6) is 1.02. The van der Waals surface area contributed by atoms with Crippen LogP contribution in [0.2, 0.25) is 0 Å². The van der Waals surface area contributed by atoms with E-state index in [0.29, 0.717) is 5.92 Å². The first-order chi connectivity index (χ1) is 12.9. The van der Waals surface area contributed by atoms with Crippen molar-refractivity contribution < 1.29 is 9.53 Å². The third kappa shape index (κ3) is 4.68. The average Bonchev–Trinajstić information content (AvgIpc) is 2.65. The van der Waals surface area contributed by atoms with Crippen LogP contribution in [0, 0.1) is 6.92 Å². The Morgan fingerprint density at radius 1 is 0.963 bits per heavy atom. The zero-order valence-corrected chi connectivity index (χ0v) is 16.5. The molecule has 0 radical (unpaired) electrons. The summed E-state index contributed by atoms with van der Waals surface area (Å²) >= 11 is 0. The highest BCUT2D eigenvalue weighted by atomic mass is 16.5. The van der Waals surface area contributed by atoms with E-state index in [-0.39, 0.29) is 18.6 Å². The summed E-state index contributed by atoms with van der Waals surface area (Å²) in [6, 6.07) is 20.6. The standard InChI is InChI=1S/C24H27NO2/c1-16(2)22-12-9-17(3)13-23(22)27-15-24(26)25-18(4)20-11-10-19-7-5-6-8-21(19)14-20/h5-14,16,18H,15H2,1-4H3,(H,25,26)/t18-/m0/s1. The van der Waals surface area contributed by atoms with Crippen LogP contribution < -0.4 is 10.1 Å². The zero-order valence-electron chi connectivity index (χ0n) is 16.5. The molecule has 0 heterocycles. The van der Waals surface area contributed by atoms with Crippen LogP contribution in [0.1, 0.15) is 49.4 Å². The van der Waals surface area contributed by atoms with Crippen molar-refractivity contribution in [3.8, 4) is 5.75 Å². The van der Waals surface area contributed by atoms with Gasteiger partial charge < -0.3 is 10.1 Å². The lowest BCUT2D eigenvalue weighted by molar-refractivity contribution is -0.123. The second-order valence-electron chi connectivity index (χ2n) is 7.38. The van der Waals surface area contributed by atoms with Gasteiger partial charge in [-0.05, 0) is 59.4 Å². The Morgan fingerprint density at radius 3 is 2.44 bits per heavy atom. The van der Waals surface area contributed by atoms with E-state index in [1.165, 1.54) is 10.8 Å². The number of hydrogen-bond donors (Lipinski definition) is 1. The topological polar surface area (TPSA) is 38.3 Å². The van der Waals surface area contributed by atoms with Gasteiger partial charge in [0, 0.05) is 0 Å². The second-order valence-corrected chi connectivity index (χ2v) is 7.38. The highest BCUT2D eigenvalue weighted by Gasteiger charge is 2.13. The Morgan fingerprint density at radius 2 is 1.70 bits per heavy atom. The third-order valence-corrected chi connectivity index (χ3v) is 4.80. The first kappa shape index (κ1) is 19.0. The molecule has 0 saturated carbocycles. The molecule has 27 heavy (non-hydrogen) atoms. The van der Waals surface area contributed by atoms with E-state index >= 15 is 0 Å². The second kappa shape index (κ2) is 8.26. The van der Waals surface area contributed by atoms with Gasteiger partial charge in [0.1, 0.15) is 5.75 Å². The summed E-state index contributed by atoms with van der Waals surface area (Å²) in [4.78, 5) is 12.4. The molecule has 1 atom stereocenters. The summed E-state index contributed by atoms with van der Waals surface area (Å²) in [6.07, 6.45) is 0. The number of benzene rings is 3. The lowest BCUT2D eigenvalue weighted by Gasteiger charge is -2.17. The van der Waals surface area contributed by atoms with Gasteiger partial charge in [-0.2, -0.15) is 0 Å². The van der Waals surface area contributed by atoms with Gasteiger partial charge in [0.15, 0.2) is 6.61 Å². The fourth-order valence-corrected chi connectivity index (χ4v) is 3.23. The molecule has 0 aromatic heterocycles. The predicted octanol–water partition coefficient (Wildman–Crippen LogP) is 5.53. The summed E-state index contributed by atoms with van der Waals surface area (Å²) < 4.78 is 5.84. The van der Waals surface area contributed by atoms with Crippen molar-refractivity contribution in [2.24, 2.45) is 0 Å². The Labute approximate surface area is 161 Å². The molecule has 0 unspecified atom stereocenters. The van der Waals surface area contributed by atoms with Crippen LogP contribution in [0.25, 0.3) is 10.8 Å². The average molecular weight is 361 g/mol. The zero-order chi connectivity index (χ0) is 19.4. The largest absolute Gasteiger partial charge is 0.483 e. The van der Waals surface area contributed by atoms with E-state index in [0.717, 1.165) is 22.4 Å². The maximum absolute atomic E-state index is 12.4. The van der Waals surface area contributed by atoms with Crippen molar-refractivity contribution in [1.82, 2.24) is 5.32 Å². The van der Waals surface area contributed by atoms with Crippen LogP contribution in [0.3, 0.4) is 0 Å². The number of hydrogen-bond acceptors (Lipinski definition) is 2. The van der Waals surface area contributed by atoms with Crippen LogP contribution >= 0.6 is 0 Å². The van der Waals surface area contributed by atoms with E-state index in [1.54, 1.807) is 0 Å². The fraction of sp³-hybridized carbons (Fsp3) is 0.292. The van der Waals surface area contributed by atoms with Crippen molar-refractivity contribution in [1.29, 1.82) is 0 Å². The number of aryl methyl sites for hydroxylation is 1. The van der Waals surface area contributed by atoms with Crippen molar-refractivity contribution >= 4 is 16.7 Å². The minimum Gasteiger partial charge on any atom is -0.483 e. The smallest absolute Gasteiger partial charge is 0.258 e. The molecule has 3 nitrogen and oxygen atoms in total. The molecule has 0 bridgehead atoms. The minimum atomic E-state index is -0.119. The van der Waals surface area contributed by atoms with Crippen LogP contribution in [-0.2, 0) is 4.79 Å². The van der Waals surface area contributed by atoms with Gasteiger partial charge in [0.25, 0.3) is 5.91 Å². The first-order valence-electron chi connectivity index (χ1n) is 9.45. The minimum absolute atomic E-state index is 0.0150. The highest BCUT2D eigenvalue weighted by molar-refractivity contribution is 5.83. The van der Waals surface area contributed by atoms with Crippen molar-refractivity contribution in [2.45, 2.75) is 39.7 Å². The Balaban J connectivity index is 1.64. The molecule has 0 aliphatic carbocycles. The molecular weight excluding hydrogens is 334 g/mol. The molecule has 140 valence electrons. The number of rotatable bonds is 6. The molecular formula is C24H27NO2. The van der Waals surface area contributed by atoms with Gasteiger partial charge >= 0.3 is 0 Å². The first-order valence-corrected chi connectivity index (χ1v) is 9.45. The third-order valence-electron chi connectivity index (χ3n) is 4.80. The van der Waals surface area contributed by atoms with Gasteiger partial charge in [0.2, 0.25) is 0 Å². The quantitative estimate of drug-likeness (QED) is 0.627. The molecule has 0 aliphatic rings. The number of carbonyl (C=O) groups excluding carboxylic acids is 1. The highest BCUT2D eigenvalue weighted by Crippen LogP contribution is 2.27. The molecule has 0 aliphatic heterocycles. The van der Waals surface area contributed by atoms with Crippen molar-refractivity contribution in [3.05, 3.63) is 77.4 Å². The molecule has 3 aromatic carbocycles. The van der Waals surface area contributed by atoms with E-state index < -0.39 is 0 Å². The Bertz CT molecular complexity index is 946. The number of amides is 1. The fourth-order valence-electron chi connectivity index (χ4n) is 3.23. The molecule has 0 saturated heterocycles. The summed E-state index contributed by atoms with van der Waals surface area (Å²) in [6.45, 7) is 8.28. The monoisotopic (exact) mass is 361 g/mol. The molecule has 0 fully saturated rings. The van der Waals surface area contributed by atoms with Gasteiger partial charge in [-0.1, -0.05) is 62.4 Å². The maximum Gasteiger partial charge on any atom is 0.258 e. The summed E-state index contributed by atoms with van der Waals surface area (Å²) in [7, 11) is 0. The normalized spacial score (nSPS) is 12.2. The molecule has 3 heteroatoms. The van der Waals surface area contributed by atoms with Crippen LogP contribution in [0.5, 0.6) is 5.75 Å². The van der Waals surface area contributed by atoms with Gasteiger partial charge in [0.05, 0.1) is 6.04 Å². The molecule has 3 rings (SSSR count). The summed E-state index contributed by atoms with van der Waals surface area (Å²) in [5, 5.41) is 5.40. The SMILES string of the molecule is Cc1ccc(C(C)C)c(OCC(=O)N[C@@H](C)c2ccc3ccccc3c2)c1. The lowest BCUT2D eigenvalue weighted by atomic mass is 10.0. The van der Waals surface area contributed by atoms with Crippen LogP contribution in [0.4, 0.5) is 0 Å². The molecule has 3 aromatic rings. The molecule has 1 amide bonds. The van der Waals surface area contributed by atoms with E-state index in [2.05, 4.69) is 61.6 Å². The number of fused-ring (bicyclic) bond motifs is 1. The molecule has 1 N–H and O–H groups in total. The van der Waals surface area contributed by atoms with E-state index in [4.69, 9.17) is 4.74 Å². The number of carbonyl (C=O) groups is 1. The maximum atomic E-state index is 12.4. The Kier molecular flexibility index (Phi) is 5.80. The van der Waals surface area contributed by atoms with Gasteiger partial charge in [-0.25, -0.2) is 0 Å². The molecule has 0 spiro atoms. The van der Waals surface area contributed by atoms with E-state index in [9.17, 15) is 4.79 Å². The van der Waals surface area contributed by atoms with Crippen LogP contribution in [0.15, 0.2) is 60.7 Å². The van der Waals surface area contributed by atoms with Crippen molar-refractivity contribution in [3.63, 3.8) is 0 Å². The lowest BCUT2D eigenvalue weighted by Crippen LogP contribution is -2.31.